The van der Waals surface area contributed by atoms with E-state index >= 15 is 0 Å². The molecule has 0 N–H and O–H groups in total. The van der Waals surface area contributed by atoms with E-state index in [4.69, 9.17) is 14.2 Å². The minimum absolute atomic E-state index is 0.128. The second kappa shape index (κ2) is 56.1. The van der Waals surface area contributed by atoms with Gasteiger partial charge < -0.3 is 14.2 Å². The molecule has 0 aliphatic heterocycles. The molecule has 1 unspecified atom stereocenters. The van der Waals surface area contributed by atoms with Gasteiger partial charge in [0.15, 0.2) is 6.10 Å². The van der Waals surface area contributed by atoms with Gasteiger partial charge in [-0.1, -0.05) is 225 Å². The molecule has 1 atom stereocenters. The summed E-state index contributed by atoms with van der Waals surface area (Å²) >= 11 is 0. The fraction of sp³-hybridized carbons (Fsp3) is 0.603. The van der Waals surface area contributed by atoms with Gasteiger partial charge in [0.1, 0.15) is 13.2 Å². The topological polar surface area (TPSA) is 78.9 Å². The van der Waals surface area contributed by atoms with Crippen LogP contribution in [0, 0.1) is 0 Å². The van der Waals surface area contributed by atoms with E-state index in [9.17, 15) is 14.4 Å². The Hall–Kier alpha value is -4.45. The Balaban J connectivity index is 4.57. The number of ether oxygens (including phenoxy) is 3. The Labute approximate surface area is 424 Å². The highest BCUT2D eigenvalue weighted by molar-refractivity contribution is 5.71. The van der Waals surface area contributed by atoms with Crippen LogP contribution in [0.25, 0.3) is 0 Å². The molecule has 0 bridgehead atoms. The molecule has 0 aromatic rings. The fourth-order valence-electron chi connectivity index (χ4n) is 7.06. The molecule has 0 amide bonds. The molecule has 0 spiro atoms. The number of carbonyl (C=O) groups is 3. The number of allylic oxidation sites excluding steroid dienone is 22. The van der Waals surface area contributed by atoms with Crippen molar-refractivity contribution in [2.24, 2.45) is 0 Å². The van der Waals surface area contributed by atoms with E-state index in [2.05, 4.69) is 142 Å². The van der Waals surface area contributed by atoms with Crippen molar-refractivity contribution in [3.63, 3.8) is 0 Å². The van der Waals surface area contributed by atoms with E-state index in [1.165, 1.54) is 57.8 Å². The van der Waals surface area contributed by atoms with Crippen LogP contribution >= 0.6 is 0 Å². The van der Waals surface area contributed by atoms with Crippen molar-refractivity contribution in [2.75, 3.05) is 13.2 Å². The minimum atomic E-state index is -0.840. The van der Waals surface area contributed by atoms with Crippen LogP contribution in [0.1, 0.15) is 226 Å². The van der Waals surface area contributed by atoms with Crippen LogP contribution in [0.2, 0.25) is 0 Å². The zero-order valence-corrected chi connectivity index (χ0v) is 44.3. The van der Waals surface area contributed by atoms with E-state index in [1.54, 1.807) is 0 Å². The molecule has 0 aliphatic rings. The predicted molar refractivity (Wildman–Crippen MR) is 297 cm³/mol. The summed E-state index contributed by atoms with van der Waals surface area (Å²) < 4.78 is 16.7. The van der Waals surface area contributed by atoms with Gasteiger partial charge in [0.25, 0.3) is 0 Å². The third kappa shape index (κ3) is 54.4. The molecule has 6 heteroatoms. The highest BCUT2D eigenvalue weighted by Crippen LogP contribution is 2.12. The second-order valence-corrected chi connectivity index (χ2v) is 17.8. The van der Waals surface area contributed by atoms with Crippen molar-refractivity contribution < 1.29 is 28.6 Å². The normalized spacial score (nSPS) is 13.1. The summed E-state index contributed by atoms with van der Waals surface area (Å²) in [4.78, 5) is 38.1. The lowest BCUT2D eigenvalue weighted by Gasteiger charge is -2.18. The number of unbranched alkanes of at least 4 members (excludes halogenated alkanes) is 16. The summed E-state index contributed by atoms with van der Waals surface area (Å²) in [7, 11) is 0. The number of hydrogen-bond acceptors (Lipinski definition) is 6. The van der Waals surface area contributed by atoms with Crippen LogP contribution in [-0.2, 0) is 28.6 Å². The third-order valence-corrected chi connectivity index (χ3v) is 11.2. The maximum atomic E-state index is 12.8. The first-order valence-corrected chi connectivity index (χ1v) is 27.7. The average Bonchev–Trinajstić information content (AvgIpc) is 3.35. The molecule has 0 aromatic heterocycles. The van der Waals surface area contributed by atoms with Crippen molar-refractivity contribution in [2.45, 2.75) is 232 Å². The molecule has 6 nitrogen and oxygen atoms in total. The van der Waals surface area contributed by atoms with Gasteiger partial charge in [0.2, 0.25) is 0 Å². The maximum absolute atomic E-state index is 12.8. The molecule has 69 heavy (non-hydrogen) atoms. The Bertz CT molecular complexity index is 1510. The maximum Gasteiger partial charge on any atom is 0.306 e. The van der Waals surface area contributed by atoms with Crippen LogP contribution in [0.3, 0.4) is 0 Å². The van der Waals surface area contributed by atoms with Crippen LogP contribution < -0.4 is 0 Å². The van der Waals surface area contributed by atoms with Gasteiger partial charge in [-0.2, -0.15) is 0 Å². The summed E-state index contributed by atoms with van der Waals surface area (Å²) in [6, 6.07) is 0. The van der Waals surface area contributed by atoms with Gasteiger partial charge in [0, 0.05) is 19.3 Å². The monoisotopic (exact) mass is 953 g/mol. The van der Waals surface area contributed by atoms with E-state index in [0.717, 1.165) is 122 Å². The minimum Gasteiger partial charge on any atom is -0.462 e. The van der Waals surface area contributed by atoms with E-state index in [1.807, 2.05) is 12.2 Å². The second-order valence-electron chi connectivity index (χ2n) is 17.8. The standard InChI is InChI=1S/C63H100O6/c1-4-7-10-13-16-19-22-25-28-31-32-33-36-38-41-44-47-50-53-56-62(65)68-59-60(69-63(66)57-54-51-48-45-42-39-35-30-27-24-21-18-15-12-9-6-3)58-67-61(64)55-52-49-46-43-40-37-34-29-26-23-20-17-14-11-8-5-2/h7,9-10,12,16,18-19,21,25,27-30,32-34,37,39-40,42,48,51,60H,4-6,8,11,13-15,17,20,22-24,26,31,35-36,38,41,43-47,49-50,52-59H2,1-3H3/b10-7-,12-9-,19-16-,21-18-,28-25-,30-27-,33-32-,34-29-,40-37-,42-39-,51-48-. The quantitative estimate of drug-likeness (QED) is 0.0199. The fourth-order valence-corrected chi connectivity index (χ4v) is 7.06. The molecular weight excluding hydrogens is 853 g/mol. The highest BCUT2D eigenvalue weighted by Gasteiger charge is 2.19. The number of rotatable bonds is 48. The summed E-state index contributed by atoms with van der Waals surface area (Å²) in [6.07, 6.45) is 78.8. The Morgan fingerprint density at radius 3 is 1.04 bits per heavy atom. The zero-order chi connectivity index (χ0) is 50.0. The van der Waals surface area contributed by atoms with Crippen LogP contribution in [0.5, 0.6) is 0 Å². The molecule has 0 heterocycles. The summed E-state index contributed by atoms with van der Waals surface area (Å²) in [5, 5.41) is 0. The Morgan fingerprint density at radius 1 is 0.319 bits per heavy atom. The van der Waals surface area contributed by atoms with Gasteiger partial charge in [-0.25, -0.2) is 0 Å². The third-order valence-electron chi connectivity index (χ3n) is 11.2. The summed E-state index contributed by atoms with van der Waals surface area (Å²) in [6.45, 7) is 6.30. The Kier molecular flexibility index (Phi) is 52.5. The van der Waals surface area contributed by atoms with Crippen LogP contribution in [0.15, 0.2) is 134 Å². The van der Waals surface area contributed by atoms with Gasteiger partial charge in [0.05, 0.1) is 0 Å². The molecule has 0 saturated heterocycles. The molecule has 0 aromatic carbocycles. The van der Waals surface area contributed by atoms with Gasteiger partial charge >= 0.3 is 17.9 Å². The molecule has 0 saturated carbocycles. The number of esters is 3. The number of carbonyl (C=O) groups excluding carboxylic acids is 3. The zero-order valence-electron chi connectivity index (χ0n) is 44.3. The van der Waals surface area contributed by atoms with E-state index in [0.29, 0.717) is 19.3 Å². The lowest BCUT2D eigenvalue weighted by molar-refractivity contribution is -0.166. The molecule has 388 valence electrons. The first-order valence-electron chi connectivity index (χ1n) is 27.7. The summed E-state index contributed by atoms with van der Waals surface area (Å²) in [5.41, 5.74) is 0. The van der Waals surface area contributed by atoms with Gasteiger partial charge in [-0.3, -0.25) is 14.4 Å². The first-order chi connectivity index (χ1) is 34.0. The smallest absolute Gasteiger partial charge is 0.306 e. The van der Waals surface area contributed by atoms with Crippen molar-refractivity contribution >= 4 is 17.9 Å². The lowest BCUT2D eigenvalue weighted by atomic mass is 10.1. The average molecular weight is 953 g/mol. The summed E-state index contributed by atoms with van der Waals surface area (Å²) in [5.74, 6) is -1.06. The van der Waals surface area contributed by atoms with Crippen molar-refractivity contribution in [1.82, 2.24) is 0 Å². The van der Waals surface area contributed by atoms with Crippen LogP contribution in [-0.4, -0.2) is 37.2 Å². The van der Waals surface area contributed by atoms with Crippen molar-refractivity contribution in [3.05, 3.63) is 134 Å². The number of hydrogen-bond donors (Lipinski definition) is 0. The van der Waals surface area contributed by atoms with Crippen molar-refractivity contribution in [1.29, 1.82) is 0 Å². The van der Waals surface area contributed by atoms with Gasteiger partial charge in [-0.05, 0) is 116 Å². The largest absolute Gasteiger partial charge is 0.462 e. The SMILES string of the molecule is CC/C=C\C/C=C\C/C=C\C/C=C\C/C=C\CCC(=O)OC(COC(=O)CCCCC/C=C\C=C/CCCCCCCCC)COC(=O)CCCCCCCC/C=C\C/C=C\C/C=C\C/C=C\CC. The molecule has 0 aliphatic carbocycles. The van der Waals surface area contributed by atoms with Gasteiger partial charge in [-0.15, -0.1) is 0 Å². The van der Waals surface area contributed by atoms with E-state index in [-0.39, 0.29) is 31.6 Å². The van der Waals surface area contributed by atoms with Crippen molar-refractivity contribution in [3.8, 4) is 0 Å². The first kappa shape index (κ1) is 64.5. The predicted octanol–water partition coefficient (Wildman–Crippen LogP) is 18.6. The molecular formula is C63H100O6. The Morgan fingerprint density at radius 2 is 0.638 bits per heavy atom. The van der Waals surface area contributed by atoms with Crippen LogP contribution in [0.4, 0.5) is 0 Å². The highest BCUT2D eigenvalue weighted by atomic mass is 16.6. The molecule has 0 rings (SSSR count). The lowest BCUT2D eigenvalue weighted by Crippen LogP contribution is -2.30. The molecule has 0 fully saturated rings. The molecule has 0 radical (unpaired) electrons. The van der Waals surface area contributed by atoms with E-state index < -0.39 is 12.1 Å².